The van der Waals surface area contributed by atoms with Gasteiger partial charge < -0.3 is 19.6 Å². The Labute approximate surface area is 415 Å². The van der Waals surface area contributed by atoms with Crippen molar-refractivity contribution in [1.82, 2.24) is 0 Å². The molecule has 0 spiro atoms. The highest BCUT2D eigenvalue weighted by molar-refractivity contribution is 6.23. The molecule has 0 amide bonds. The molecule has 1 aliphatic carbocycles. The van der Waals surface area contributed by atoms with Gasteiger partial charge in [-0.1, -0.05) is 166 Å². The molecular formula is C67H50N4. The van der Waals surface area contributed by atoms with E-state index in [0.29, 0.717) is 0 Å². The van der Waals surface area contributed by atoms with Crippen LogP contribution in [0.4, 0.5) is 56.9 Å². The second-order valence-electron chi connectivity index (χ2n) is 19.8. The first-order valence-corrected chi connectivity index (χ1v) is 24.7. The maximum atomic E-state index is 2.45. The molecule has 0 unspecified atom stereocenters. The van der Waals surface area contributed by atoms with E-state index in [1.165, 1.54) is 99.9 Å². The van der Waals surface area contributed by atoms with E-state index in [-0.39, 0.29) is 5.41 Å². The minimum absolute atomic E-state index is 0.0353. The summed E-state index contributed by atoms with van der Waals surface area (Å²) in [5, 5.41) is 4.82. The first-order valence-electron chi connectivity index (χ1n) is 24.7. The lowest BCUT2D eigenvalue weighted by Gasteiger charge is -2.39. The molecule has 4 nitrogen and oxygen atoms in total. The Morgan fingerprint density at radius 1 is 0.282 bits per heavy atom. The number of hydrogen-bond acceptors (Lipinski definition) is 4. The van der Waals surface area contributed by atoms with E-state index in [9.17, 15) is 0 Å². The second kappa shape index (κ2) is 15.6. The zero-order chi connectivity index (χ0) is 47.5. The van der Waals surface area contributed by atoms with E-state index < -0.39 is 0 Å². The molecule has 0 aromatic heterocycles. The summed E-state index contributed by atoms with van der Waals surface area (Å²) in [7, 11) is 4.34. The quantitative estimate of drug-likeness (QED) is 0.160. The molecule has 14 rings (SSSR count). The zero-order valence-electron chi connectivity index (χ0n) is 40.2. The highest BCUT2D eigenvalue weighted by atomic mass is 15.3. The minimum atomic E-state index is -0.0353. The van der Waals surface area contributed by atoms with Crippen molar-refractivity contribution in [3.8, 4) is 44.5 Å². The molecule has 2 heterocycles. The van der Waals surface area contributed by atoms with Gasteiger partial charge in [0.25, 0.3) is 0 Å². The predicted octanol–water partition coefficient (Wildman–Crippen LogP) is 18.4. The molecule has 3 aliphatic rings. The van der Waals surface area contributed by atoms with Gasteiger partial charge in [0.1, 0.15) is 0 Å². The summed E-state index contributed by atoms with van der Waals surface area (Å²) in [6.07, 6.45) is 0. The second-order valence-corrected chi connectivity index (χ2v) is 19.8. The van der Waals surface area contributed by atoms with Crippen LogP contribution >= 0.6 is 0 Å². The van der Waals surface area contributed by atoms with E-state index in [1.54, 1.807) is 0 Å². The lowest BCUT2D eigenvalue weighted by atomic mass is 9.82. The summed E-state index contributed by atoms with van der Waals surface area (Å²) >= 11 is 0. The van der Waals surface area contributed by atoms with Crippen molar-refractivity contribution >= 4 is 78.4 Å². The molecule has 0 saturated heterocycles. The normalized spacial score (nSPS) is 13.9. The molecule has 11 aromatic rings. The van der Waals surface area contributed by atoms with Gasteiger partial charge in [-0.2, -0.15) is 0 Å². The number of para-hydroxylation sites is 8. The van der Waals surface area contributed by atoms with Crippen molar-refractivity contribution in [2.45, 2.75) is 19.3 Å². The molecule has 11 aromatic carbocycles. The van der Waals surface area contributed by atoms with Gasteiger partial charge in [0.05, 0.1) is 45.5 Å². The van der Waals surface area contributed by atoms with Crippen molar-refractivity contribution < 1.29 is 0 Å². The van der Waals surface area contributed by atoms with Crippen LogP contribution in [0.3, 0.4) is 0 Å². The number of fused-ring (bicyclic) bond motifs is 9. The predicted molar refractivity (Wildman–Crippen MR) is 301 cm³/mol. The van der Waals surface area contributed by atoms with Crippen molar-refractivity contribution in [3.05, 3.63) is 242 Å². The number of hydrogen-bond donors (Lipinski definition) is 0. The third-order valence-corrected chi connectivity index (χ3v) is 15.7. The van der Waals surface area contributed by atoms with Crippen LogP contribution in [0, 0.1) is 0 Å². The summed E-state index contributed by atoms with van der Waals surface area (Å²) in [5.74, 6) is 0. The molecule has 338 valence electrons. The van der Waals surface area contributed by atoms with Crippen molar-refractivity contribution in [3.63, 3.8) is 0 Å². The Kier molecular flexibility index (Phi) is 9.03. The fourth-order valence-electron chi connectivity index (χ4n) is 12.3. The van der Waals surface area contributed by atoms with Crippen molar-refractivity contribution in [1.29, 1.82) is 0 Å². The Morgan fingerprint density at radius 3 is 1.15 bits per heavy atom. The summed E-state index contributed by atoms with van der Waals surface area (Å²) in [6.45, 7) is 4.70. The van der Waals surface area contributed by atoms with Crippen LogP contribution < -0.4 is 19.6 Å². The van der Waals surface area contributed by atoms with Gasteiger partial charge in [-0.25, -0.2) is 0 Å². The monoisotopic (exact) mass is 910 g/mol. The van der Waals surface area contributed by atoms with Crippen LogP contribution in [-0.4, -0.2) is 14.1 Å². The van der Waals surface area contributed by atoms with Crippen LogP contribution in [-0.2, 0) is 5.41 Å². The first kappa shape index (κ1) is 41.1. The maximum Gasteiger partial charge on any atom is 0.0699 e. The van der Waals surface area contributed by atoms with E-state index in [1.807, 2.05) is 0 Å². The molecule has 0 saturated carbocycles. The van der Waals surface area contributed by atoms with Gasteiger partial charge in [0.2, 0.25) is 0 Å². The molecule has 4 heteroatoms. The fourth-order valence-corrected chi connectivity index (χ4v) is 12.3. The van der Waals surface area contributed by atoms with E-state index in [4.69, 9.17) is 0 Å². The maximum absolute atomic E-state index is 2.45. The lowest BCUT2D eigenvalue weighted by molar-refractivity contribution is 0.660. The van der Waals surface area contributed by atoms with E-state index in [0.717, 1.165) is 34.1 Å². The largest absolute Gasteiger partial charge is 0.341 e. The number of benzene rings is 11. The minimum Gasteiger partial charge on any atom is -0.341 e. The summed E-state index contributed by atoms with van der Waals surface area (Å²) < 4.78 is 0. The Bertz CT molecular complexity index is 3870. The summed E-state index contributed by atoms with van der Waals surface area (Å²) in [6, 6.07) is 85.7. The van der Waals surface area contributed by atoms with Crippen molar-refractivity contribution in [2.24, 2.45) is 0 Å². The third-order valence-electron chi connectivity index (χ3n) is 15.7. The van der Waals surface area contributed by atoms with Gasteiger partial charge in [-0.15, -0.1) is 0 Å². The van der Waals surface area contributed by atoms with Gasteiger partial charge in [0.15, 0.2) is 0 Å². The molecule has 0 bridgehead atoms. The zero-order valence-corrected chi connectivity index (χ0v) is 40.2. The standard InChI is InChI=1S/C67H50N4/c1-67(2)55-21-9-8-20-49(55)52-40-46(34-39-56(52)67)43-30-32-45(33-31-43)66-51-38-36-47(70-61-26-14-10-22-57(61)68(3)58-23-11-15-27-62(58)70)41-53(51)65(44-18-6-5-7-19-44)50-37-35-48(42-54(50)66)71-63-28-16-12-24-59(63)69(4)60-25-13-17-29-64(60)71/h5-42H,1-4H3. The van der Waals surface area contributed by atoms with Gasteiger partial charge >= 0.3 is 0 Å². The fraction of sp³-hybridized carbons (Fsp3) is 0.0746. The van der Waals surface area contributed by atoms with Crippen LogP contribution in [0.15, 0.2) is 231 Å². The summed E-state index contributed by atoms with van der Waals surface area (Å²) in [5.41, 5.74) is 24.2. The Hall–Kier alpha value is -8.86. The molecule has 0 fully saturated rings. The molecule has 0 atom stereocenters. The highest BCUT2D eigenvalue weighted by Gasteiger charge is 2.35. The smallest absolute Gasteiger partial charge is 0.0699 e. The van der Waals surface area contributed by atoms with Crippen LogP contribution in [0.5, 0.6) is 0 Å². The number of anilines is 10. The van der Waals surface area contributed by atoms with Crippen molar-refractivity contribution in [2.75, 3.05) is 33.7 Å². The SMILES string of the molecule is CN1c2ccccc2N(c2ccc3c(-c4ccc(-c5ccc6c(c5)-c5ccccc5C6(C)C)cc4)c4cc(N5c6ccccc6N(C)c6ccccc65)ccc4c(-c4ccccc4)c3c2)c2ccccc21. The molecule has 2 aliphatic heterocycles. The third kappa shape index (κ3) is 6.11. The lowest BCUT2D eigenvalue weighted by Crippen LogP contribution is -2.24. The van der Waals surface area contributed by atoms with Gasteiger partial charge in [0, 0.05) is 30.9 Å². The van der Waals surface area contributed by atoms with Crippen LogP contribution in [0.2, 0.25) is 0 Å². The molecule has 71 heavy (non-hydrogen) atoms. The average Bonchev–Trinajstić information content (AvgIpc) is 3.66. The highest BCUT2D eigenvalue weighted by Crippen LogP contribution is 2.55. The van der Waals surface area contributed by atoms with E-state index >= 15 is 0 Å². The molecular weight excluding hydrogens is 861 g/mol. The Balaban J connectivity index is 1.02. The van der Waals surface area contributed by atoms with Gasteiger partial charge in [-0.05, 0) is 156 Å². The molecule has 0 N–H and O–H groups in total. The number of rotatable bonds is 5. The number of nitrogens with zero attached hydrogens (tertiary/aromatic N) is 4. The van der Waals surface area contributed by atoms with Crippen LogP contribution in [0.1, 0.15) is 25.0 Å². The van der Waals surface area contributed by atoms with Gasteiger partial charge in [-0.3, -0.25) is 0 Å². The summed E-state index contributed by atoms with van der Waals surface area (Å²) in [4.78, 5) is 9.51. The average molecular weight is 911 g/mol. The first-order chi connectivity index (χ1) is 34.8. The van der Waals surface area contributed by atoms with Crippen LogP contribution in [0.25, 0.3) is 66.1 Å². The molecule has 0 radical (unpaired) electrons. The van der Waals surface area contributed by atoms with E-state index in [2.05, 4.69) is 278 Å². The Morgan fingerprint density at radius 2 is 0.662 bits per heavy atom. The topological polar surface area (TPSA) is 13.0 Å².